The molecule has 0 saturated carbocycles. The summed E-state index contributed by atoms with van der Waals surface area (Å²) in [7, 11) is 0. The van der Waals surface area contributed by atoms with Crippen molar-refractivity contribution in [2.45, 2.75) is 58.9 Å². The van der Waals surface area contributed by atoms with E-state index in [1.54, 1.807) is 0 Å². The van der Waals surface area contributed by atoms with Gasteiger partial charge in [-0.25, -0.2) is 0 Å². The quantitative estimate of drug-likeness (QED) is 0.667. The van der Waals surface area contributed by atoms with Crippen molar-refractivity contribution in [3.8, 4) is 0 Å². The number of unbranched alkanes of at least 4 members (excludes halogenated alkanes) is 2. The number of nitrogens with one attached hydrogen (secondary N) is 1. The zero-order chi connectivity index (χ0) is 12.5. The molecule has 0 aromatic heterocycles. The van der Waals surface area contributed by atoms with Crippen molar-refractivity contribution in [2.24, 2.45) is 0 Å². The van der Waals surface area contributed by atoms with Gasteiger partial charge < -0.3 is 5.32 Å². The van der Waals surface area contributed by atoms with Crippen LogP contribution in [-0.2, 0) is 6.42 Å². The Balaban J connectivity index is 2.44. The Kier molecular flexibility index (Phi) is 6.95. The minimum atomic E-state index is 0.647. The predicted molar refractivity (Wildman–Crippen MR) is 76.5 cm³/mol. The van der Waals surface area contributed by atoms with Crippen molar-refractivity contribution in [2.75, 3.05) is 6.54 Å². The molecule has 0 aliphatic carbocycles. The molecule has 0 amide bonds. The standard InChI is InChI=1S/C16H27N/c1-4-6-7-8-16(17-5-2)13-15-11-9-14(3)10-12-15/h9-12,16-17H,4-8,13H2,1-3H3. The van der Waals surface area contributed by atoms with Gasteiger partial charge in [0.05, 0.1) is 0 Å². The van der Waals surface area contributed by atoms with Crippen LogP contribution in [0.4, 0.5) is 0 Å². The highest BCUT2D eigenvalue weighted by atomic mass is 14.9. The number of rotatable bonds is 8. The summed E-state index contributed by atoms with van der Waals surface area (Å²) in [6.07, 6.45) is 6.48. The molecule has 1 aromatic carbocycles. The first-order valence-electron chi connectivity index (χ1n) is 7.05. The van der Waals surface area contributed by atoms with Gasteiger partial charge in [-0.1, -0.05) is 62.9 Å². The van der Waals surface area contributed by atoms with Crippen molar-refractivity contribution in [1.82, 2.24) is 5.32 Å². The first-order valence-corrected chi connectivity index (χ1v) is 7.05. The second-order valence-corrected chi connectivity index (χ2v) is 4.94. The molecule has 1 aromatic rings. The summed E-state index contributed by atoms with van der Waals surface area (Å²) < 4.78 is 0. The fourth-order valence-electron chi connectivity index (χ4n) is 2.21. The molecule has 0 fully saturated rings. The lowest BCUT2D eigenvalue weighted by Gasteiger charge is -2.18. The molecule has 1 rings (SSSR count). The second-order valence-electron chi connectivity index (χ2n) is 4.94. The summed E-state index contributed by atoms with van der Waals surface area (Å²) in [5.74, 6) is 0. The van der Waals surface area contributed by atoms with Crippen LogP contribution in [-0.4, -0.2) is 12.6 Å². The number of aryl methyl sites for hydroxylation is 1. The molecule has 1 heteroatoms. The third kappa shape index (κ3) is 5.88. The molecule has 0 aliphatic heterocycles. The van der Waals surface area contributed by atoms with Gasteiger partial charge in [-0.3, -0.25) is 0 Å². The van der Waals surface area contributed by atoms with E-state index in [1.165, 1.54) is 36.8 Å². The Morgan fingerprint density at radius 1 is 1.06 bits per heavy atom. The van der Waals surface area contributed by atoms with Crippen molar-refractivity contribution in [3.63, 3.8) is 0 Å². The Morgan fingerprint density at radius 2 is 1.76 bits per heavy atom. The largest absolute Gasteiger partial charge is 0.314 e. The summed E-state index contributed by atoms with van der Waals surface area (Å²) in [6.45, 7) is 7.68. The van der Waals surface area contributed by atoms with E-state index in [9.17, 15) is 0 Å². The Morgan fingerprint density at radius 3 is 2.35 bits per heavy atom. The lowest BCUT2D eigenvalue weighted by atomic mass is 9.99. The summed E-state index contributed by atoms with van der Waals surface area (Å²) in [5.41, 5.74) is 2.80. The zero-order valence-corrected chi connectivity index (χ0v) is 11.6. The summed E-state index contributed by atoms with van der Waals surface area (Å²) in [4.78, 5) is 0. The van der Waals surface area contributed by atoms with Crippen LogP contribution < -0.4 is 5.32 Å². The number of hydrogen-bond donors (Lipinski definition) is 1. The van der Waals surface area contributed by atoms with Gasteiger partial charge in [0.15, 0.2) is 0 Å². The second kappa shape index (κ2) is 8.30. The molecular formula is C16H27N. The number of benzene rings is 1. The van der Waals surface area contributed by atoms with Crippen LogP contribution in [0.2, 0.25) is 0 Å². The van der Waals surface area contributed by atoms with Gasteiger partial charge in [0, 0.05) is 6.04 Å². The molecule has 0 spiro atoms. The SMILES string of the molecule is CCCCCC(Cc1ccc(C)cc1)NCC. The van der Waals surface area contributed by atoms with Crippen molar-refractivity contribution < 1.29 is 0 Å². The molecule has 17 heavy (non-hydrogen) atoms. The van der Waals surface area contributed by atoms with Crippen molar-refractivity contribution in [3.05, 3.63) is 35.4 Å². The number of likely N-dealkylation sites (N-methyl/N-ethyl adjacent to an activating group) is 1. The first-order chi connectivity index (χ1) is 8.26. The van der Waals surface area contributed by atoms with E-state index >= 15 is 0 Å². The molecule has 0 heterocycles. The normalized spacial score (nSPS) is 12.6. The minimum Gasteiger partial charge on any atom is -0.314 e. The van der Waals surface area contributed by atoms with E-state index < -0.39 is 0 Å². The van der Waals surface area contributed by atoms with Gasteiger partial charge in [0.1, 0.15) is 0 Å². The van der Waals surface area contributed by atoms with Crippen LogP contribution in [0.5, 0.6) is 0 Å². The summed E-state index contributed by atoms with van der Waals surface area (Å²) in [5, 5.41) is 3.60. The molecule has 0 radical (unpaired) electrons. The Bertz CT molecular complexity index is 289. The van der Waals surface area contributed by atoms with E-state index in [2.05, 4.69) is 50.4 Å². The van der Waals surface area contributed by atoms with Crippen LogP contribution in [0.25, 0.3) is 0 Å². The zero-order valence-electron chi connectivity index (χ0n) is 11.6. The van der Waals surface area contributed by atoms with Gasteiger partial charge in [-0.05, 0) is 31.9 Å². The Hall–Kier alpha value is -0.820. The summed E-state index contributed by atoms with van der Waals surface area (Å²) in [6, 6.07) is 9.60. The maximum Gasteiger partial charge on any atom is 0.0107 e. The van der Waals surface area contributed by atoms with Crippen LogP contribution >= 0.6 is 0 Å². The Labute approximate surface area is 107 Å². The van der Waals surface area contributed by atoms with E-state index in [0.717, 1.165) is 13.0 Å². The summed E-state index contributed by atoms with van der Waals surface area (Å²) >= 11 is 0. The smallest absolute Gasteiger partial charge is 0.0107 e. The number of hydrogen-bond acceptors (Lipinski definition) is 1. The lowest BCUT2D eigenvalue weighted by molar-refractivity contribution is 0.467. The molecule has 1 N–H and O–H groups in total. The molecule has 0 saturated heterocycles. The van der Waals surface area contributed by atoms with E-state index in [0.29, 0.717) is 6.04 Å². The molecule has 0 aliphatic rings. The third-order valence-corrected chi connectivity index (χ3v) is 3.25. The van der Waals surface area contributed by atoms with Gasteiger partial charge in [-0.15, -0.1) is 0 Å². The highest BCUT2D eigenvalue weighted by Crippen LogP contribution is 2.11. The topological polar surface area (TPSA) is 12.0 Å². The van der Waals surface area contributed by atoms with Crippen molar-refractivity contribution in [1.29, 1.82) is 0 Å². The maximum absolute atomic E-state index is 3.60. The van der Waals surface area contributed by atoms with E-state index in [4.69, 9.17) is 0 Å². The average Bonchev–Trinajstić information content (AvgIpc) is 2.32. The van der Waals surface area contributed by atoms with Crippen LogP contribution in [0.15, 0.2) is 24.3 Å². The fraction of sp³-hybridized carbons (Fsp3) is 0.625. The molecule has 1 unspecified atom stereocenters. The monoisotopic (exact) mass is 233 g/mol. The third-order valence-electron chi connectivity index (χ3n) is 3.25. The van der Waals surface area contributed by atoms with Gasteiger partial charge in [0.2, 0.25) is 0 Å². The van der Waals surface area contributed by atoms with Crippen molar-refractivity contribution >= 4 is 0 Å². The molecule has 96 valence electrons. The van der Waals surface area contributed by atoms with Gasteiger partial charge in [0.25, 0.3) is 0 Å². The fourth-order valence-corrected chi connectivity index (χ4v) is 2.21. The highest BCUT2D eigenvalue weighted by Gasteiger charge is 2.07. The lowest BCUT2D eigenvalue weighted by Crippen LogP contribution is -2.30. The maximum atomic E-state index is 3.60. The van der Waals surface area contributed by atoms with E-state index in [-0.39, 0.29) is 0 Å². The van der Waals surface area contributed by atoms with Gasteiger partial charge in [-0.2, -0.15) is 0 Å². The average molecular weight is 233 g/mol. The molecule has 1 nitrogen and oxygen atoms in total. The van der Waals surface area contributed by atoms with Crippen LogP contribution in [0.3, 0.4) is 0 Å². The van der Waals surface area contributed by atoms with Gasteiger partial charge >= 0.3 is 0 Å². The van der Waals surface area contributed by atoms with E-state index in [1.807, 2.05) is 0 Å². The molecular weight excluding hydrogens is 206 g/mol. The highest BCUT2D eigenvalue weighted by molar-refractivity contribution is 5.22. The first kappa shape index (κ1) is 14.2. The minimum absolute atomic E-state index is 0.647. The van der Waals surface area contributed by atoms with Crippen LogP contribution in [0.1, 0.15) is 50.7 Å². The predicted octanol–water partition coefficient (Wildman–Crippen LogP) is 4.10. The van der Waals surface area contributed by atoms with Crippen LogP contribution in [0, 0.1) is 6.92 Å². The molecule has 0 bridgehead atoms. The molecule has 1 atom stereocenters.